The number of hydrogen-bond acceptors (Lipinski definition) is 4. The summed E-state index contributed by atoms with van der Waals surface area (Å²) in [6, 6.07) is 8.91. The molecule has 1 aromatic carbocycles. The van der Waals surface area contributed by atoms with Gasteiger partial charge in [0.15, 0.2) is 5.16 Å². The maximum absolute atomic E-state index is 5.72. The van der Waals surface area contributed by atoms with Crippen molar-refractivity contribution in [3.8, 4) is 0 Å². The lowest BCUT2D eigenvalue weighted by molar-refractivity contribution is 0.626. The van der Waals surface area contributed by atoms with E-state index in [1.807, 2.05) is 6.07 Å². The molecule has 0 aliphatic heterocycles. The van der Waals surface area contributed by atoms with Gasteiger partial charge in [-0.15, -0.1) is 10.2 Å². The fourth-order valence-electron chi connectivity index (χ4n) is 2.02. The Hall–Kier alpha value is -0.850. The van der Waals surface area contributed by atoms with E-state index in [2.05, 4.69) is 48.9 Å². The molecule has 2 aromatic rings. The molecule has 0 bridgehead atoms. The van der Waals surface area contributed by atoms with Gasteiger partial charge in [0, 0.05) is 16.3 Å². The Labute approximate surface area is 124 Å². The summed E-state index contributed by atoms with van der Waals surface area (Å²) in [6.45, 7) is 0.459. The van der Waals surface area contributed by atoms with Crippen molar-refractivity contribution in [3.05, 3.63) is 40.1 Å². The van der Waals surface area contributed by atoms with Crippen LogP contribution < -0.4 is 5.73 Å². The van der Waals surface area contributed by atoms with E-state index < -0.39 is 0 Å². The summed E-state index contributed by atoms with van der Waals surface area (Å²) in [5.41, 5.74) is 6.99. The monoisotopic (exact) mass is 338 g/mol. The SMILES string of the molecule is NCc1nnc(SCc2cccc(Br)c2)n1C1CC1. The summed E-state index contributed by atoms with van der Waals surface area (Å²) >= 11 is 5.22. The van der Waals surface area contributed by atoms with Crippen molar-refractivity contribution in [1.29, 1.82) is 0 Å². The zero-order valence-electron chi connectivity index (χ0n) is 10.4. The lowest BCUT2D eigenvalue weighted by Crippen LogP contribution is -2.08. The summed E-state index contributed by atoms with van der Waals surface area (Å²) in [6.07, 6.45) is 2.44. The van der Waals surface area contributed by atoms with Crippen molar-refractivity contribution in [1.82, 2.24) is 14.8 Å². The smallest absolute Gasteiger partial charge is 0.191 e. The minimum atomic E-state index is 0.459. The lowest BCUT2D eigenvalue weighted by Gasteiger charge is -2.07. The third-order valence-corrected chi connectivity index (χ3v) is 4.59. The highest BCUT2D eigenvalue weighted by Gasteiger charge is 2.29. The summed E-state index contributed by atoms with van der Waals surface area (Å²) in [5, 5.41) is 9.44. The lowest BCUT2D eigenvalue weighted by atomic mass is 10.2. The molecular weight excluding hydrogens is 324 g/mol. The second-order valence-corrected chi connectivity index (χ2v) is 6.48. The summed E-state index contributed by atoms with van der Waals surface area (Å²) in [4.78, 5) is 0. The third kappa shape index (κ3) is 3.01. The highest BCUT2D eigenvalue weighted by Crippen LogP contribution is 2.39. The molecule has 3 rings (SSSR count). The zero-order chi connectivity index (χ0) is 13.2. The summed E-state index contributed by atoms with van der Waals surface area (Å²) < 4.78 is 3.32. The average Bonchev–Trinajstić information content (AvgIpc) is 3.17. The van der Waals surface area contributed by atoms with Crippen molar-refractivity contribution >= 4 is 27.7 Å². The maximum atomic E-state index is 5.72. The van der Waals surface area contributed by atoms with Crippen LogP contribution >= 0.6 is 27.7 Å². The number of hydrogen-bond donors (Lipinski definition) is 1. The highest BCUT2D eigenvalue weighted by atomic mass is 79.9. The quantitative estimate of drug-likeness (QED) is 0.851. The first kappa shape index (κ1) is 13.1. The van der Waals surface area contributed by atoms with Crippen LogP contribution in [0.4, 0.5) is 0 Å². The molecule has 6 heteroatoms. The number of halogens is 1. The Morgan fingerprint density at radius 1 is 1.37 bits per heavy atom. The molecule has 0 unspecified atom stereocenters. The molecule has 1 aromatic heterocycles. The number of thioether (sulfide) groups is 1. The molecule has 0 spiro atoms. The average molecular weight is 339 g/mol. The van der Waals surface area contributed by atoms with Gasteiger partial charge in [-0.05, 0) is 30.5 Å². The van der Waals surface area contributed by atoms with Crippen LogP contribution in [-0.4, -0.2) is 14.8 Å². The Morgan fingerprint density at radius 3 is 2.89 bits per heavy atom. The molecule has 1 fully saturated rings. The van der Waals surface area contributed by atoms with E-state index in [1.165, 1.54) is 18.4 Å². The second-order valence-electron chi connectivity index (χ2n) is 4.62. The van der Waals surface area contributed by atoms with Crippen molar-refractivity contribution in [3.63, 3.8) is 0 Å². The number of nitrogens with zero attached hydrogens (tertiary/aromatic N) is 3. The molecule has 1 saturated carbocycles. The first-order valence-electron chi connectivity index (χ1n) is 6.29. The van der Waals surface area contributed by atoms with Gasteiger partial charge >= 0.3 is 0 Å². The van der Waals surface area contributed by atoms with Gasteiger partial charge in [-0.25, -0.2) is 0 Å². The number of rotatable bonds is 5. The van der Waals surface area contributed by atoms with Gasteiger partial charge in [-0.3, -0.25) is 0 Å². The molecule has 1 aliphatic rings. The van der Waals surface area contributed by atoms with Crippen LogP contribution in [0.2, 0.25) is 0 Å². The molecule has 0 saturated heterocycles. The van der Waals surface area contributed by atoms with Crippen molar-refractivity contribution in [2.75, 3.05) is 0 Å². The van der Waals surface area contributed by atoms with Crippen LogP contribution in [0.15, 0.2) is 33.9 Å². The number of nitrogens with two attached hydrogens (primary N) is 1. The third-order valence-electron chi connectivity index (χ3n) is 3.09. The van der Waals surface area contributed by atoms with E-state index >= 15 is 0 Å². The Balaban J connectivity index is 1.75. The van der Waals surface area contributed by atoms with Crippen molar-refractivity contribution in [2.24, 2.45) is 5.73 Å². The standard InChI is InChI=1S/C13H15BrN4S/c14-10-3-1-2-9(6-10)8-19-13-17-16-12(7-15)18(13)11-4-5-11/h1-3,6,11H,4-5,7-8,15H2. The number of aromatic nitrogens is 3. The molecular formula is C13H15BrN4S. The fourth-order valence-corrected chi connectivity index (χ4v) is 3.43. The molecule has 4 nitrogen and oxygen atoms in total. The first-order chi connectivity index (χ1) is 9.28. The van der Waals surface area contributed by atoms with Crippen molar-refractivity contribution in [2.45, 2.75) is 36.3 Å². The van der Waals surface area contributed by atoms with Gasteiger partial charge in [-0.1, -0.05) is 39.8 Å². The minimum absolute atomic E-state index is 0.459. The Bertz CT molecular complexity index is 580. The van der Waals surface area contributed by atoms with Crippen LogP contribution in [0.25, 0.3) is 0 Å². The van der Waals surface area contributed by atoms with E-state index in [0.717, 1.165) is 21.2 Å². The molecule has 1 aliphatic carbocycles. The molecule has 1 heterocycles. The van der Waals surface area contributed by atoms with E-state index in [1.54, 1.807) is 11.8 Å². The van der Waals surface area contributed by atoms with E-state index in [-0.39, 0.29) is 0 Å². The van der Waals surface area contributed by atoms with Gasteiger partial charge in [0.1, 0.15) is 5.82 Å². The summed E-state index contributed by atoms with van der Waals surface area (Å²) in [5.74, 6) is 1.80. The summed E-state index contributed by atoms with van der Waals surface area (Å²) in [7, 11) is 0. The van der Waals surface area contributed by atoms with Gasteiger partial charge in [0.05, 0.1) is 6.54 Å². The van der Waals surface area contributed by atoms with Crippen LogP contribution in [0.3, 0.4) is 0 Å². The van der Waals surface area contributed by atoms with E-state index in [9.17, 15) is 0 Å². The van der Waals surface area contributed by atoms with Gasteiger partial charge < -0.3 is 10.3 Å². The molecule has 19 heavy (non-hydrogen) atoms. The largest absolute Gasteiger partial charge is 0.324 e. The van der Waals surface area contributed by atoms with E-state index in [0.29, 0.717) is 12.6 Å². The van der Waals surface area contributed by atoms with Crippen LogP contribution in [-0.2, 0) is 12.3 Å². The molecule has 0 amide bonds. The van der Waals surface area contributed by atoms with Gasteiger partial charge in [0.2, 0.25) is 0 Å². The molecule has 0 radical (unpaired) electrons. The minimum Gasteiger partial charge on any atom is -0.324 e. The predicted molar refractivity (Wildman–Crippen MR) is 79.9 cm³/mol. The number of benzene rings is 1. The normalized spacial score (nSPS) is 14.8. The molecule has 0 atom stereocenters. The highest BCUT2D eigenvalue weighted by molar-refractivity contribution is 9.10. The second kappa shape index (κ2) is 5.64. The zero-order valence-corrected chi connectivity index (χ0v) is 12.8. The topological polar surface area (TPSA) is 56.7 Å². The Morgan fingerprint density at radius 2 is 2.21 bits per heavy atom. The Kier molecular flexibility index (Phi) is 3.91. The van der Waals surface area contributed by atoms with Crippen molar-refractivity contribution < 1.29 is 0 Å². The van der Waals surface area contributed by atoms with Crippen LogP contribution in [0, 0.1) is 0 Å². The molecule has 100 valence electrons. The predicted octanol–water partition coefficient (Wildman–Crippen LogP) is 3.13. The fraction of sp³-hybridized carbons (Fsp3) is 0.385. The van der Waals surface area contributed by atoms with Crippen LogP contribution in [0.5, 0.6) is 0 Å². The van der Waals surface area contributed by atoms with Gasteiger partial charge in [-0.2, -0.15) is 0 Å². The van der Waals surface area contributed by atoms with E-state index in [4.69, 9.17) is 5.73 Å². The maximum Gasteiger partial charge on any atom is 0.191 e. The van der Waals surface area contributed by atoms with Crippen LogP contribution in [0.1, 0.15) is 30.3 Å². The first-order valence-corrected chi connectivity index (χ1v) is 8.07. The van der Waals surface area contributed by atoms with Gasteiger partial charge in [0.25, 0.3) is 0 Å². The molecule has 2 N–H and O–H groups in total.